The molecule has 4 heavy (non-hydrogen) atoms. The smallest absolute Gasteiger partial charge is 0 e. The van der Waals surface area contributed by atoms with Crippen LogP contribution >= 0.6 is 0 Å². The first-order valence-electron chi connectivity index (χ1n) is 0. The minimum absolute atomic E-state index is 0. The fourth-order valence-electron chi connectivity index (χ4n) is 0. The van der Waals surface area contributed by atoms with Crippen LogP contribution in [0.25, 0.3) is 0 Å². The van der Waals surface area contributed by atoms with Crippen LogP contribution in [0.1, 0.15) is 0 Å². The van der Waals surface area contributed by atoms with Crippen LogP contribution in [0.4, 0.5) is 0 Å². The molecule has 0 atom stereocenters. The van der Waals surface area contributed by atoms with Gasteiger partial charge < -0.3 is 0 Å². The predicted octanol–water partition coefficient (Wildman–Crippen LogP) is -0.388. The number of rotatable bonds is 0. The Morgan fingerprint density at radius 2 is 1.00 bits per heavy atom. The Balaban J connectivity index is 0. The average Bonchev–Trinajstić information content (AvgIpc) is 0. The van der Waals surface area contributed by atoms with E-state index in [1.807, 2.05) is 0 Å². The van der Waals surface area contributed by atoms with Gasteiger partial charge in [0.05, 0.1) is 0 Å². The Morgan fingerprint density at radius 1 is 1.00 bits per heavy atom. The Hall–Kier alpha value is 1.98. The molecule has 0 amide bonds. The molecular formula is CrCuSiTi. The zero-order valence-corrected chi connectivity index (χ0v) is 6.49. The van der Waals surface area contributed by atoms with Crippen molar-refractivity contribution in [1.82, 2.24) is 0 Å². The van der Waals surface area contributed by atoms with E-state index in [9.17, 15) is 0 Å². The molecule has 0 heterocycles. The van der Waals surface area contributed by atoms with Crippen molar-refractivity contribution in [3.63, 3.8) is 0 Å². The van der Waals surface area contributed by atoms with Crippen molar-refractivity contribution in [2.45, 2.75) is 0 Å². The first kappa shape index (κ1) is 37.8. The average molecular weight is 191 g/mol. The Bertz CT molecular complexity index is 8.00. The Morgan fingerprint density at radius 3 is 1.00 bits per heavy atom. The van der Waals surface area contributed by atoms with Crippen LogP contribution in [0.2, 0.25) is 0 Å². The Labute approximate surface area is 66.6 Å². The third kappa shape index (κ3) is 9.01. The van der Waals surface area contributed by atoms with Gasteiger partial charge in [-0.2, -0.15) is 0 Å². The van der Waals surface area contributed by atoms with Gasteiger partial charge in [0.15, 0.2) is 0 Å². The molecule has 0 aromatic heterocycles. The molecule has 4 heteroatoms. The van der Waals surface area contributed by atoms with Gasteiger partial charge in [0.1, 0.15) is 0 Å². The van der Waals surface area contributed by atoms with Crippen LogP contribution in [-0.4, -0.2) is 11.0 Å². The third-order valence-electron chi connectivity index (χ3n) is 0. The SMILES string of the molecule is [Cr].[Cu].[Si].[Ti]. The quantitative estimate of drug-likeness (QED) is 0.458. The summed E-state index contributed by atoms with van der Waals surface area (Å²) < 4.78 is 0. The number of hydrogen-bond acceptors (Lipinski definition) is 0. The van der Waals surface area contributed by atoms with E-state index in [-0.39, 0.29) is 67.1 Å². The van der Waals surface area contributed by atoms with E-state index in [0.29, 0.717) is 0 Å². The van der Waals surface area contributed by atoms with Crippen molar-refractivity contribution in [3.05, 3.63) is 0 Å². The molecule has 5 radical (unpaired) electrons. The standard InChI is InChI=1S/Cr.Cu.Si.Ti. The maximum Gasteiger partial charge on any atom is 0 e. The van der Waals surface area contributed by atoms with Gasteiger partial charge in [0.2, 0.25) is 0 Å². The van der Waals surface area contributed by atoms with Gasteiger partial charge in [-0.3, -0.25) is 0 Å². The molecule has 0 nitrogen and oxygen atoms in total. The second-order valence-electron chi connectivity index (χ2n) is 0. The van der Waals surface area contributed by atoms with Crippen molar-refractivity contribution >= 4 is 11.0 Å². The first-order valence-corrected chi connectivity index (χ1v) is 0. The van der Waals surface area contributed by atoms with Gasteiger partial charge >= 0.3 is 0 Å². The van der Waals surface area contributed by atoms with Crippen molar-refractivity contribution in [1.29, 1.82) is 0 Å². The van der Waals surface area contributed by atoms with E-state index in [0.717, 1.165) is 0 Å². The molecule has 0 spiro atoms. The van der Waals surface area contributed by atoms with Crippen LogP contribution < -0.4 is 0 Å². The monoisotopic (exact) mass is 191 g/mol. The first-order chi connectivity index (χ1) is 0. The summed E-state index contributed by atoms with van der Waals surface area (Å²) in [4.78, 5) is 0. The molecular weight excluding hydrogens is 191 g/mol. The van der Waals surface area contributed by atoms with E-state index < -0.39 is 0 Å². The molecule has 0 aromatic carbocycles. The van der Waals surface area contributed by atoms with Crippen molar-refractivity contribution < 1.29 is 56.1 Å². The van der Waals surface area contributed by atoms with Crippen LogP contribution in [-0.2, 0) is 56.1 Å². The maximum atomic E-state index is 0. The maximum absolute atomic E-state index is 0. The van der Waals surface area contributed by atoms with E-state index in [2.05, 4.69) is 0 Å². The summed E-state index contributed by atoms with van der Waals surface area (Å²) in [6.07, 6.45) is 0. The number of hydrogen-bond donors (Lipinski definition) is 0. The van der Waals surface area contributed by atoms with Gasteiger partial charge in [0.25, 0.3) is 0 Å². The molecule has 0 aliphatic rings. The van der Waals surface area contributed by atoms with E-state index in [1.165, 1.54) is 0 Å². The summed E-state index contributed by atoms with van der Waals surface area (Å²) in [7, 11) is 0. The zero-order chi connectivity index (χ0) is 0. The van der Waals surface area contributed by atoms with Crippen LogP contribution in [0, 0.1) is 0 Å². The van der Waals surface area contributed by atoms with Crippen LogP contribution in [0.15, 0.2) is 0 Å². The third-order valence-corrected chi connectivity index (χ3v) is 0. The molecule has 25 valence electrons. The van der Waals surface area contributed by atoms with Crippen molar-refractivity contribution in [2.75, 3.05) is 0 Å². The minimum Gasteiger partial charge on any atom is 0 e. The summed E-state index contributed by atoms with van der Waals surface area (Å²) >= 11 is 0. The van der Waals surface area contributed by atoms with Crippen LogP contribution in [0.3, 0.4) is 0 Å². The molecule has 0 unspecified atom stereocenters. The van der Waals surface area contributed by atoms with Gasteiger partial charge in [0, 0.05) is 67.1 Å². The molecule has 0 saturated heterocycles. The van der Waals surface area contributed by atoms with E-state index in [1.54, 1.807) is 0 Å². The van der Waals surface area contributed by atoms with E-state index in [4.69, 9.17) is 0 Å². The topological polar surface area (TPSA) is 0 Å². The molecule has 0 bridgehead atoms. The van der Waals surface area contributed by atoms with Crippen molar-refractivity contribution in [3.8, 4) is 0 Å². The minimum atomic E-state index is 0. The normalized spacial score (nSPS) is 0. The molecule has 0 saturated carbocycles. The zero-order valence-electron chi connectivity index (χ0n) is 1.71. The van der Waals surface area contributed by atoms with Gasteiger partial charge in [-0.15, -0.1) is 0 Å². The fourth-order valence-corrected chi connectivity index (χ4v) is 0. The Kier molecular flexibility index (Phi) is 190. The fraction of sp³-hybridized carbons (Fsp3) is 0. The predicted molar refractivity (Wildman–Crippen MR) is 5.75 cm³/mol. The molecule has 0 rings (SSSR count). The molecule has 0 aliphatic heterocycles. The van der Waals surface area contributed by atoms with E-state index >= 15 is 0 Å². The summed E-state index contributed by atoms with van der Waals surface area (Å²) in [6.45, 7) is 0. The molecule has 0 N–H and O–H groups in total. The van der Waals surface area contributed by atoms with Gasteiger partial charge in [-0.1, -0.05) is 0 Å². The molecule has 0 aromatic rings. The largest absolute Gasteiger partial charge is 0 e. The van der Waals surface area contributed by atoms with Crippen molar-refractivity contribution in [2.24, 2.45) is 0 Å². The van der Waals surface area contributed by atoms with Crippen LogP contribution in [0.5, 0.6) is 0 Å². The second-order valence-corrected chi connectivity index (χ2v) is 0. The molecule has 0 fully saturated rings. The summed E-state index contributed by atoms with van der Waals surface area (Å²) in [5.41, 5.74) is 0. The van der Waals surface area contributed by atoms with Gasteiger partial charge in [-0.05, 0) is 0 Å². The molecule has 0 aliphatic carbocycles. The second kappa shape index (κ2) is 20.1. The summed E-state index contributed by atoms with van der Waals surface area (Å²) in [5, 5.41) is 0. The van der Waals surface area contributed by atoms with Gasteiger partial charge in [-0.25, -0.2) is 0 Å². The summed E-state index contributed by atoms with van der Waals surface area (Å²) in [6, 6.07) is 0. The summed E-state index contributed by atoms with van der Waals surface area (Å²) in [5.74, 6) is 0.